The van der Waals surface area contributed by atoms with Crippen LogP contribution in [0.15, 0.2) is 42.5 Å². The van der Waals surface area contributed by atoms with Crippen LogP contribution in [0, 0.1) is 5.82 Å². The molecule has 0 radical (unpaired) electrons. The Morgan fingerprint density at radius 2 is 1.85 bits per heavy atom. The number of aliphatic hydroxyl groups is 1. The van der Waals surface area contributed by atoms with Gasteiger partial charge >= 0.3 is 0 Å². The highest BCUT2D eigenvalue weighted by molar-refractivity contribution is 7.18. The molecule has 3 N–H and O–H groups in total. The normalized spacial score (nSPS) is 11.4. The number of benzene rings is 1. The van der Waals surface area contributed by atoms with E-state index in [9.17, 15) is 4.39 Å². The number of hydrogen-bond acceptors (Lipinski definition) is 5. The molecule has 7 heteroatoms. The van der Waals surface area contributed by atoms with Crippen LogP contribution in [0.2, 0.25) is 0 Å². The zero-order chi connectivity index (χ0) is 19.0. The lowest BCUT2D eigenvalue weighted by Crippen LogP contribution is -1.99. The molecule has 1 aromatic carbocycles. The Kier molecular flexibility index (Phi) is 4.63. The smallest absolute Gasteiger partial charge is 0.152 e. The summed E-state index contributed by atoms with van der Waals surface area (Å²) >= 11 is 1.59. The van der Waals surface area contributed by atoms with E-state index < -0.39 is 0 Å². The van der Waals surface area contributed by atoms with Gasteiger partial charge in [0.2, 0.25) is 0 Å². The van der Waals surface area contributed by atoms with Gasteiger partial charge in [-0.1, -0.05) is 12.1 Å². The number of fused-ring (bicyclic) bond motifs is 1. The number of nitrogens with zero attached hydrogens (tertiary/aromatic N) is 3. The fraction of sp³-hybridized carbons (Fsp3) is 0.200. The second-order valence-electron chi connectivity index (χ2n) is 6.35. The molecule has 0 spiro atoms. The van der Waals surface area contributed by atoms with E-state index in [1.54, 1.807) is 23.5 Å². The molecule has 0 saturated carbocycles. The molecular weight excluding hydrogens is 363 g/mol. The molecule has 3 aromatic heterocycles. The van der Waals surface area contributed by atoms with Crippen molar-refractivity contribution in [3.8, 4) is 21.0 Å². The summed E-state index contributed by atoms with van der Waals surface area (Å²) in [7, 11) is 1.95. The van der Waals surface area contributed by atoms with Crippen molar-refractivity contribution in [1.82, 2.24) is 14.5 Å². The first kappa shape index (κ1) is 17.6. The zero-order valence-corrected chi connectivity index (χ0v) is 15.6. The van der Waals surface area contributed by atoms with Crippen molar-refractivity contribution in [1.29, 1.82) is 0 Å². The van der Waals surface area contributed by atoms with Crippen LogP contribution in [0.5, 0.6) is 0 Å². The molecule has 0 bridgehead atoms. The quantitative estimate of drug-likeness (QED) is 0.547. The summed E-state index contributed by atoms with van der Waals surface area (Å²) in [6.45, 7) is 0.129. The molecule has 3 heterocycles. The standard InChI is InChI=1S/C20H19FN4OS/c1-25-15-11-14(23-20(22)19(15)24-18(25)3-2-10-26)17-9-8-16(27-17)12-4-6-13(21)7-5-12/h4-9,11,26H,2-3,10H2,1H3,(H2,22,23). The van der Waals surface area contributed by atoms with Crippen molar-refractivity contribution in [2.75, 3.05) is 12.3 Å². The third kappa shape index (κ3) is 3.31. The second kappa shape index (κ2) is 7.09. The topological polar surface area (TPSA) is 77.0 Å². The maximum Gasteiger partial charge on any atom is 0.152 e. The molecule has 138 valence electrons. The van der Waals surface area contributed by atoms with E-state index in [0.29, 0.717) is 24.2 Å². The van der Waals surface area contributed by atoms with Crippen LogP contribution in [0.3, 0.4) is 0 Å². The molecule has 0 aliphatic rings. The molecular formula is C20H19FN4OS. The van der Waals surface area contributed by atoms with Gasteiger partial charge in [0.15, 0.2) is 5.82 Å². The van der Waals surface area contributed by atoms with Crippen LogP contribution in [-0.2, 0) is 13.5 Å². The Morgan fingerprint density at radius 1 is 1.11 bits per heavy atom. The Balaban J connectivity index is 1.74. The minimum Gasteiger partial charge on any atom is -0.396 e. The average Bonchev–Trinajstić information content (AvgIpc) is 3.27. The maximum atomic E-state index is 13.1. The van der Waals surface area contributed by atoms with Crippen molar-refractivity contribution in [3.05, 3.63) is 54.1 Å². The first-order valence-electron chi connectivity index (χ1n) is 8.65. The Bertz CT molecular complexity index is 1100. The van der Waals surface area contributed by atoms with Gasteiger partial charge in [0.1, 0.15) is 17.2 Å². The largest absolute Gasteiger partial charge is 0.396 e. The number of pyridine rings is 1. The van der Waals surface area contributed by atoms with Crippen molar-refractivity contribution >= 4 is 28.2 Å². The first-order valence-corrected chi connectivity index (χ1v) is 9.47. The van der Waals surface area contributed by atoms with Crippen molar-refractivity contribution in [3.63, 3.8) is 0 Å². The lowest BCUT2D eigenvalue weighted by molar-refractivity contribution is 0.287. The second-order valence-corrected chi connectivity index (χ2v) is 7.43. The SMILES string of the molecule is Cn1c(CCCO)nc2c(N)nc(-c3ccc(-c4ccc(F)cc4)s3)cc21. The van der Waals surface area contributed by atoms with Gasteiger partial charge in [0.05, 0.1) is 16.1 Å². The Morgan fingerprint density at radius 3 is 2.59 bits per heavy atom. The van der Waals surface area contributed by atoms with Crippen LogP contribution in [-0.4, -0.2) is 26.2 Å². The van der Waals surface area contributed by atoms with Gasteiger partial charge in [-0.2, -0.15) is 0 Å². The third-order valence-corrected chi connectivity index (χ3v) is 5.69. The van der Waals surface area contributed by atoms with Gasteiger partial charge in [-0.3, -0.25) is 0 Å². The van der Waals surface area contributed by atoms with E-state index in [1.165, 1.54) is 12.1 Å². The van der Waals surface area contributed by atoms with Gasteiger partial charge in [0, 0.05) is 25.0 Å². The number of thiophene rings is 1. The fourth-order valence-electron chi connectivity index (χ4n) is 3.09. The van der Waals surface area contributed by atoms with Crippen LogP contribution in [0.1, 0.15) is 12.2 Å². The molecule has 4 aromatic rings. The number of aryl methyl sites for hydroxylation is 2. The highest BCUT2D eigenvalue weighted by atomic mass is 32.1. The van der Waals surface area contributed by atoms with E-state index in [0.717, 1.165) is 32.4 Å². The molecule has 5 nitrogen and oxygen atoms in total. The van der Waals surface area contributed by atoms with Crippen molar-refractivity contribution in [2.24, 2.45) is 7.05 Å². The Labute approximate surface area is 159 Å². The number of imidazole rings is 1. The number of hydrogen-bond donors (Lipinski definition) is 2. The summed E-state index contributed by atoms with van der Waals surface area (Å²) in [4.78, 5) is 11.1. The summed E-state index contributed by atoms with van der Waals surface area (Å²) in [5, 5.41) is 9.06. The molecule has 0 aliphatic heterocycles. The minimum atomic E-state index is -0.247. The average molecular weight is 382 g/mol. The van der Waals surface area contributed by atoms with E-state index in [1.807, 2.05) is 29.8 Å². The van der Waals surface area contributed by atoms with E-state index in [-0.39, 0.29) is 12.4 Å². The lowest BCUT2D eigenvalue weighted by Gasteiger charge is -2.03. The molecule has 0 saturated heterocycles. The van der Waals surface area contributed by atoms with Crippen LogP contribution in [0.25, 0.3) is 32.0 Å². The fourth-order valence-corrected chi connectivity index (χ4v) is 4.06. The predicted octanol–water partition coefficient (Wildman–Crippen LogP) is 4.01. The van der Waals surface area contributed by atoms with Gasteiger partial charge in [-0.05, 0) is 42.3 Å². The minimum absolute atomic E-state index is 0.129. The Hall–Kier alpha value is -2.77. The highest BCUT2D eigenvalue weighted by Crippen LogP contribution is 2.35. The molecule has 0 atom stereocenters. The molecule has 0 fully saturated rings. The van der Waals surface area contributed by atoms with Crippen LogP contribution in [0.4, 0.5) is 10.2 Å². The molecule has 0 amide bonds. The highest BCUT2D eigenvalue weighted by Gasteiger charge is 2.15. The number of rotatable bonds is 5. The number of anilines is 1. The predicted molar refractivity (Wildman–Crippen MR) is 107 cm³/mol. The first-order chi connectivity index (χ1) is 13.1. The van der Waals surface area contributed by atoms with Crippen LogP contribution >= 0.6 is 11.3 Å². The number of nitrogens with two attached hydrogens (primary N) is 1. The third-order valence-electron chi connectivity index (χ3n) is 4.53. The van der Waals surface area contributed by atoms with E-state index >= 15 is 0 Å². The number of aliphatic hydroxyl groups excluding tert-OH is 1. The summed E-state index contributed by atoms with van der Waals surface area (Å²) in [5.41, 5.74) is 9.52. The van der Waals surface area contributed by atoms with Crippen molar-refractivity contribution < 1.29 is 9.50 Å². The number of nitrogen functional groups attached to an aromatic ring is 1. The molecule has 4 rings (SSSR count). The van der Waals surface area contributed by atoms with Gasteiger partial charge in [0.25, 0.3) is 0 Å². The number of halogens is 1. The van der Waals surface area contributed by atoms with Gasteiger partial charge < -0.3 is 15.4 Å². The van der Waals surface area contributed by atoms with Gasteiger partial charge in [-0.15, -0.1) is 11.3 Å². The summed E-state index contributed by atoms with van der Waals surface area (Å²) in [6, 6.07) is 12.4. The van der Waals surface area contributed by atoms with Gasteiger partial charge in [-0.25, -0.2) is 14.4 Å². The maximum absolute atomic E-state index is 13.1. The summed E-state index contributed by atoms with van der Waals surface area (Å²) in [6.07, 6.45) is 1.34. The van der Waals surface area contributed by atoms with E-state index in [4.69, 9.17) is 10.8 Å². The monoisotopic (exact) mass is 382 g/mol. The van der Waals surface area contributed by atoms with Crippen LogP contribution < -0.4 is 5.73 Å². The zero-order valence-electron chi connectivity index (χ0n) is 14.8. The molecule has 0 unspecified atom stereocenters. The van der Waals surface area contributed by atoms with Crippen molar-refractivity contribution in [2.45, 2.75) is 12.8 Å². The number of aromatic nitrogens is 3. The molecule has 27 heavy (non-hydrogen) atoms. The summed E-state index contributed by atoms with van der Waals surface area (Å²) in [5.74, 6) is 1.02. The summed E-state index contributed by atoms with van der Waals surface area (Å²) < 4.78 is 15.1. The van der Waals surface area contributed by atoms with E-state index in [2.05, 4.69) is 9.97 Å². The molecule has 0 aliphatic carbocycles. The lowest BCUT2D eigenvalue weighted by atomic mass is 10.2.